The van der Waals surface area contributed by atoms with Gasteiger partial charge in [0.2, 0.25) is 5.95 Å². The molecule has 0 bridgehead atoms. The van der Waals surface area contributed by atoms with Gasteiger partial charge in [-0.25, -0.2) is 4.98 Å². The molecule has 1 aliphatic carbocycles. The third kappa shape index (κ3) is 6.53. The van der Waals surface area contributed by atoms with Crippen molar-refractivity contribution in [3.8, 4) is 5.75 Å². The van der Waals surface area contributed by atoms with E-state index in [4.69, 9.17) is 16.3 Å². The highest BCUT2D eigenvalue weighted by molar-refractivity contribution is 6.32. The summed E-state index contributed by atoms with van der Waals surface area (Å²) >= 11 is 6.27. The Balaban J connectivity index is 1.54. The van der Waals surface area contributed by atoms with E-state index < -0.39 is 0 Å². The van der Waals surface area contributed by atoms with Crippen molar-refractivity contribution in [2.45, 2.75) is 32.1 Å². The second-order valence-electron chi connectivity index (χ2n) is 7.58. The fraction of sp³-hybridized carbons (Fsp3) is 0.524. The van der Waals surface area contributed by atoms with Gasteiger partial charge in [0.1, 0.15) is 17.4 Å². The molecule has 0 amide bonds. The van der Waals surface area contributed by atoms with Crippen molar-refractivity contribution in [3.63, 3.8) is 0 Å². The number of hydrogen-bond donors (Lipinski definition) is 2. The van der Waals surface area contributed by atoms with E-state index in [0.29, 0.717) is 29.3 Å². The molecule has 28 heavy (non-hydrogen) atoms. The Morgan fingerprint density at radius 3 is 2.61 bits per heavy atom. The van der Waals surface area contributed by atoms with Gasteiger partial charge in [0, 0.05) is 18.8 Å². The highest BCUT2D eigenvalue weighted by Crippen LogP contribution is 2.26. The number of likely N-dealkylation sites (N-methyl/N-ethyl adjacent to an activating group) is 1. The molecular formula is C21H30ClN5O. The number of ether oxygens (including phenoxy) is 1. The molecule has 0 radical (unpaired) electrons. The smallest absolute Gasteiger partial charge is 0.229 e. The van der Waals surface area contributed by atoms with Gasteiger partial charge in [-0.1, -0.05) is 30.9 Å². The average Bonchev–Trinajstić information content (AvgIpc) is 2.70. The van der Waals surface area contributed by atoms with Gasteiger partial charge < -0.3 is 20.3 Å². The van der Waals surface area contributed by atoms with Gasteiger partial charge >= 0.3 is 0 Å². The maximum absolute atomic E-state index is 6.27. The summed E-state index contributed by atoms with van der Waals surface area (Å²) in [6.45, 7) is 2.46. The van der Waals surface area contributed by atoms with Crippen LogP contribution in [-0.4, -0.2) is 48.7 Å². The first-order valence-corrected chi connectivity index (χ1v) is 10.4. The van der Waals surface area contributed by atoms with Crippen LogP contribution in [0.1, 0.15) is 32.1 Å². The Morgan fingerprint density at radius 2 is 1.89 bits per heavy atom. The number of hydrogen-bond acceptors (Lipinski definition) is 6. The van der Waals surface area contributed by atoms with E-state index in [0.717, 1.165) is 24.5 Å². The molecule has 7 heteroatoms. The average molecular weight is 404 g/mol. The first-order valence-electron chi connectivity index (χ1n) is 10.0. The third-order valence-electron chi connectivity index (χ3n) is 4.94. The zero-order valence-electron chi connectivity index (χ0n) is 16.7. The minimum atomic E-state index is 0.525. The lowest BCUT2D eigenvalue weighted by Gasteiger charge is -2.22. The van der Waals surface area contributed by atoms with Crippen LogP contribution in [0.4, 0.5) is 17.5 Å². The molecule has 0 unspecified atom stereocenters. The molecule has 6 nitrogen and oxygen atoms in total. The van der Waals surface area contributed by atoms with Crippen molar-refractivity contribution in [2.75, 3.05) is 44.4 Å². The summed E-state index contributed by atoms with van der Waals surface area (Å²) in [6, 6.07) is 7.79. The molecule has 1 aromatic carbocycles. The fourth-order valence-electron chi connectivity index (χ4n) is 3.29. The van der Waals surface area contributed by atoms with Crippen LogP contribution < -0.4 is 15.4 Å². The Bertz CT molecular complexity index is 732. The summed E-state index contributed by atoms with van der Waals surface area (Å²) in [5.41, 5.74) is 0.903. The summed E-state index contributed by atoms with van der Waals surface area (Å²) in [6.07, 6.45) is 8.21. The molecule has 1 aliphatic rings. The first-order chi connectivity index (χ1) is 13.6. The van der Waals surface area contributed by atoms with E-state index in [1.165, 1.54) is 32.1 Å². The molecule has 2 aromatic rings. The Kier molecular flexibility index (Phi) is 7.74. The summed E-state index contributed by atoms with van der Waals surface area (Å²) in [5.74, 6) is 2.76. The molecule has 0 aliphatic heterocycles. The van der Waals surface area contributed by atoms with Gasteiger partial charge in [0.15, 0.2) is 5.82 Å². The fourth-order valence-corrected chi connectivity index (χ4v) is 3.45. The highest BCUT2D eigenvalue weighted by atomic mass is 35.5. The van der Waals surface area contributed by atoms with Gasteiger partial charge in [-0.15, -0.1) is 0 Å². The minimum Gasteiger partial charge on any atom is -0.492 e. The van der Waals surface area contributed by atoms with Gasteiger partial charge in [0.25, 0.3) is 0 Å². The molecule has 1 fully saturated rings. The standard InChI is InChI=1S/C21H30ClN5O/c1-27(2)12-13-28-18-10-8-17(9-11-18)25-21-24-15-19(22)20(26-21)23-14-16-6-4-3-5-7-16/h8-11,15-16H,3-7,12-14H2,1-2H3,(H2,23,24,25,26). The van der Waals surface area contributed by atoms with E-state index in [1.807, 2.05) is 38.4 Å². The Hall–Kier alpha value is -2.05. The predicted octanol–water partition coefficient (Wildman–Crippen LogP) is 4.81. The molecule has 0 spiro atoms. The van der Waals surface area contributed by atoms with Gasteiger partial charge in [-0.05, 0) is 57.1 Å². The molecule has 0 saturated heterocycles. The van der Waals surface area contributed by atoms with Crippen LogP contribution >= 0.6 is 11.6 Å². The predicted molar refractivity (Wildman–Crippen MR) is 116 cm³/mol. The van der Waals surface area contributed by atoms with Crippen LogP contribution in [0.5, 0.6) is 5.75 Å². The molecular weight excluding hydrogens is 374 g/mol. The maximum Gasteiger partial charge on any atom is 0.229 e. The summed E-state index contributed by atoms with van der Waals surface area (Å²) in [4.78, 5) is 10.9. The normalized spacial score (nSPS) is 14.9. The zero-order chi connectivity index (χ0) is 19.8. The third-order valence-corrected chi connectivity index (χ3v) is 5.22. The van der Waals surface area contributed by atoms with Crippen molar-refractivity contribution in [2.24, 2.45) is 5.92 Å². The molecule has 0 atom stereocenters. The lowest BCUT2D eigenvalue weighted by molar-refractivity contribution is 0.261. The van der Waals surface area contributed by atoms with E-state index in [9.17, 15) is 0 Å². The van der Waals surface area contributed by atoms with Crippen LogP contribution in [-0.2, 0) is 0 Å². The topological polar surface area (TPSA) is 62.3 Å². The SMILES string of the molecule is CN(C)CCOc1ccc(Nc2ncc(Cl)c(NCC3CCCCC3)n2)cc1. The van der Waals surface area contributed by atoms with Crippen molar-refractivity contribution in [1.29, 1.82) is 0 Å². The second kappa shape index (κ2) is 10.5. The lowest BCUT2D eigenvalue weighted by atomic mass is 9.89. The summed E-state index contributed by atoms with van der Waals surface area (Å²) in [7, 11) is 4.06. The number of rotatable bonds is 9. The Morgan fingerprint density at radius 1 is 1.14 bits per heavy atom. The van der Waals surface area contributed by atoms with Crippen molar-refractivity contribution in [3.05, 3.63) is 35.5 Å². The molecule has 3 rings (SSSR count). The highest BCUT2D eigenvalue weighted by Gasteiger charge is 2.14. The van der Waals surface area contributed by atoms with Gasteiger partial charge in [-0.3, -0.25) is 0 Å². The molecule has 1 saturated carbocycles. The quantitative estimate of drug-likeness (QED) is 0.626. The van der Waals surface area contributed by atoms with Crippen molar-refractivity contribution >= 4 is 29.1 Å². The number of nitrogens with one attached hydrogen (secondary N) is 2. The molecule has 1 aromatic heterocycles. The molecule has 152 valence electrons. The number of halogens is 1. The van der Waals surface area contributed by atoms with E-state index >= 15 is 0 Å². The zero-order valence-corrected chi connectivity index (χ0v) is 17.5. The number of nitrogens with zero attached hydrogens (tertiary/aromatic N) is 3. The largest absolute Gasteiger partial charge is 0.492 e. The lowest BCUT2D eigenvalue weighted by Crippen LogP contribution is -2.19. The van der Waals surface area contributed by atoms with Crippen molar-refractivity contribution in [1.82, 2.24) is 14.9 Å². The van der Waals surface area contributed by atoms with E-state index in [1.54, 1.807) is 6.20 Å². The van der Waals surface area contributed by atoms with Crippen LogP contribution in [0, 0.1) is 5.92 Å². The maximum atomic E-state index is 6.27. The van der Waals surface area contributed by atoms with Crippen LogP contribution in [0.25, 0.3) is 0 Å². The Labute approximate surface area is 172 Å². The van der Waals surface area contributed by atoms with Crippen LogP contribution in [0.15, 0.2) is 30.5 Å². The van der Waals surface area contributed by atoms with E-state index in [2.05, 4.69) is 25.5 Å². The van der Waals surface area contributed by atoms with E-state index in [-0.39, 0.29) is 0 Å². The van der Waals surface area contributed by atoms with Gasteiger partial charge in [-0.2, -0.15) is 4.98 Å². The van der Waals surface area contributed by atoms with Gasteiger partial charge in [0.05, 0.1) is 6.20 Å². The summed E-state index contributed by atoms with van der Waals surface area (Å²) in [5, 5.41) is 7.18. The number of aromatic nitrogens is 2. The van der Waals surface area contributed by atoms with Crippen molar-refractivity contribution < 1.29 is 4.74 Å². The number of benzene rings is 1. The summed E-state index contributed by atoms with van der Waals surface area (Å²) < 4.78 is 5.72. The molecule has 2 N–H and O–H groups in total. The monoisotopic (exact) mass is 403 g/mol. The van der Waals surface area contributed by atoms with Crippen LogP contribution in [0.3, 0.4) is 0 Å². The first kappa shape index (κ1) is 20.7. The van der Waals surface area contributed by atoms with Crippen LogP contribution in [0.2, 0.25) is 5.02 Å². The number of anilines is 3. The second-order valence-corrected chi connectivity index (χ2v) is 7.98. The molecule has 1 heterocycles. The minimum absolute atomic E-state index is 0.525.